The smallest absolute Gasteiger partial charge is 0.319 e. The molecule has 24 heavy (non-hydrogen) atoms. The molecule has 2 saturated heterocycles. The number of carbonyl (C=O) groups is 2. The number of rotatable bonds is 4. The summed E-state index contributed by atoms with van der Waals surface area (Å²) in [5.74, 6) is -0.00215. The van der Waals surface area contributed by atoms with Crippen molar-refractivity contribution in [1.82, 2.24) is 10.2 Å². The minimum Gasteiger partial charge on any atom is -0.370 e. The Labute approximate surface area is 143 Å². The normalized spacial score (nSPS) is 17.7. The van der Waals surface area contributed by atoms with Gasteiger partial charge in [0.2, 0.25) is 5.91 Å². The summed E-state index contributed by atoms with van der Waals surface area (Å²) in [6.07, 6.45) is 5.67. The van der Waals surface area contributed by atoms with Crippen LogP contribution in [0.5, 0.6) is 0 Å². The first-order valence-corrected chi connectivity index (χ1v) is 8.90. The van der Waals surface area contributed by atoms with E-state index in [1.54, 1.807) is 0 Å². The van der Waals surface area contributed by atoms with Crippen molar-refractivity contribution in [2.75, 3.05) is 42.9 Å². The molecule has 0 saturated carbocycles. The van der Waals surface area contributed by atoms with Gasteiger partial charge in [-0.15, -0.1) is 0 Å². The van der Waals surface area contributed by atoms with Crippen molar-refractivity contribution in [2.24, 2.45) is 0 Å². The standard InChI is InChI=1S/C18H26N4O2/c23-17(22-12-4-1-5-13-22)14-19-18(24)20-15-8-2-3-9-16(15)21-10-6-7-11-21/h2-3,8-9H,1,4-7,10-14H2,(H2,19,20,24). The maximum absolute atomic E-state index is 12.2. The lowest BCUT2D eigenvalue weighted by atomic mass is 10.1. The van der Waals surface area contributed by atoms with Crippen LogP contribution in [0.4, 0.5) is 16.2 Å². The molecule has 0 spiro atoms. The molecule has 0 aliphatic carbocycles. The molecule has 0 aromatic heterocycles. The van der Waals surface area contributed by atoms with Gasteiger partial charge in [0.25, 0.3) is 0 Å². The highest BCUT2D eigenvalue weighted by atomic mass is 16.2. The first kappa shape index (κ1) is 16.6. The third-order valence-electron chi connectivity index (χ3n) is 4.71. The zero-order valence-corrected chi connectivity index (χ0v) is 14.1. The van der Waals surface area contributed by atoms with Crippen LogP contribution in [0, 0.1) is 0 Å². The van der Waals surface area contributed by atoms with E-state index in [1.807, 2.05) is 29.2 Å². The molecule has 3 rings (SSSR count). The summed E-state index contributed by atoms with van der Waals surface area (Å²) >= 11 is 0. The van der Waals surface area contributed by atoms with E-state index in [1.165, 1.54) is 19.3 Å². The molecule has 2 fully saturated rings. The predicted molar refractivity (Wildman–Crippen MR) is 95.3 cm³/mol. The van der Waals surface area contributed by atoms with Gasteiger partial charge in [-0.25, -0.2) is 4.79 Å². The van der Waals surface area contributed by atoms with Crippen molar-refractivity contribution in [1.29, 1.82) is 0 Å². The van der Waals surface area contributed by atoms with Crippen LogP contribution in [-0.2, 0) is 4.79 Å². The van der Waals surface area contributed by atoms with Gasteiger partial charge in [0.15, 0.2) is 0 Å². The molecular formula is C18H26N4O2. The number of nitrogens with one attached hydrogen (secondary N) is 2. The zero-order chi connectivity index (χ0) is 16.8. The highest BCUT2D eigenvalue weighted by Crippen LogP contribution is 2.28. The average Bonchev–Trinajstić information content (AvgIpc) is 3.15. The number of benzene rings is 1. The molecule has 0 atom stereocenters. The maximum atomic E-state index is 12.2. The molecule has 2 aliphatic heterocycles. The van der Waals surface area contributed by atoms with Crippen LogP contribution in [0.15, 0.2) is 24.3 Å². The van der Waals surface area contributed by atoms with Crippen LogP contribution in [0.1, 0.15) is 32.1 Å². The summed E-state index contributed by atoms with van der Waals surface area (Å²) in [4.78, 5) is 28.4. The van der Waals surface area contributed by atoms with Crippen LogP contribution >= 0.6 is 0 Å². The lowest BCUT2D eigenvalue weighted by Gasteiger charge is -2.26. The number of carbonyl (C=O) groups excluding carboxylic acids is 2. The first-order chi connectivity index (χ1) is 11.7. The Hall–Kier alpha value is -2.24. The molecular weight excluding hydrogens is 304 g/mol. The molecule has 6 nitrogen and oxygen atoms in total. The Morgan fingerprint density at radius 1 is 0.917 bits per heavy atom. The number of para-hydroxylation sites is 2. The fourth-order valence-corrected chi connectivity index (χ4v) is 3.39. The Bertz CT molecular complexity index is 578. The Balaban J connectivity index is 1.52. The molecule has 2 N–H and O–H groups in total. The van der Waals surface area contributed by atoms with Gasteiger partial charge in [0, 0.05) is 26.2 Å². The highest BCUT2D eigenvalue weighted by molar-refractivity contribution is 5.95. The Morgan fingerprint density at radius 2 is 1.58 bits per heavy atom. The van der Waals surface area contributed by atoms with E-state index in [-0.39, 0.29) is 18.5 Å². The van der Waals surface area contributed by atoms with Crippen molar-refractivity contribution in [2.45, 2.75) is 32.1 Å². The van der Waals surface area contributed by atoms with Crippen molar-refractivity contribution in [3.05, 3.63) is 24.3 Å². The van der Waals surface area contributed by atoms with E-state index < -0.39 is 0 Å². The van der Waals surface area contributed by atoms with E-state index in [9.17, 15) is 9.59 Å². The summed E-state index contributed by atoms with van der Waals surface area (Å²) in [5.41, 5.74) is 1.84. The van der Waals surface area contributed by atoms with Crippen molar-refractivity contribution in [3.63, 3.8) is 0 Å². The van der Waals surface area contributed by atoms with Gasteiger partial charge in [-0.05, 0) is 44.2 Å². The summed E-state index contributed by atoms with van der Waals surface area (Å²) in [7, 11) is 0. The molecule has 2 aliphatic rings. The summed E-state index contributed by atoms with van der Waals surface area (Å²) in [6.45, 7) is 3.71. The Morgan fingerprint density at radius 3 is 2.33 bits per heavy atom. The minimum absolute atomic E-state index is 0.00215. The Kier molecular flexibility index (Phi) is 5.56. The second kappa shape index (κ2) is 8.04. The summed E-state index contributed by atoms with van der Waals surface area (Å²) < 4.78 is 0. The van der Waals surface area contributed by atoms with Gasteiger partial charge in [-0.1, -0.05) is 12.1 Å². The predicted octanol–water partition coefficient (Wildman–Crippen LogP) is 2.42. The molecule has 0 bridgehead atoms. The van der Waals surface area contributed by atoms with Crippen molar-refractivity contribution >= 4 is 23.3 Å². The van der Waals surface area contributed by atoms with E-state index in [4.69, 9.17) is 0 Å². The first-order valence-electron chi connectivity index (χ1n) is 8.90. The van der Waals surface area contributed by atoms with Crippen LogP contribution in [0.2, 0.25) is 0 Å². The summed E-state index contributed by atoms with van der Waals surface area (Å²) in [5, 5.41) is 5.57. The monoisotopic (exact) mass is 330 g/mol. The molecule has 0 unspecified atom stereocenters. The number of urea groups is 1. The SMILES string of the molecule is O=C(NCC(=O)N1CCCCC1)Nc1ccccc1N1CCCC1. The third-order valence-corrected chi connectivity index (χ3v) is 4.71. The maximum Gasteiger partial charge on any atom is 0.319 e. The zero-order valence-electron chi connectivity index (χ0n) is 14.1. The topological polar surface area (TPSA) is 64.7 Å². The number of piperidine rings is 1. The van der Waals surface area contributed by atoms with Crippen LogP contribution < -0.4 is 15.5 Å². The quantitative estimate of drug-likeness (QED) is 0.891. The third kappa shape index (κ3) is 4.19. The molecule has 2 heterocycles. The number of anilines is 2. The molecule has 0 radical (unpaired) electrons. The molecule has 6 heteroatoms. The van der Waals surface area contributed by atoms with Crippen molar-refractivity contribution < 1.29 is 9.59 Å². The van der Waals surface area contributed by atoms with Crippen LogP contribution in [0.3, 0.4) is 0 Å². The van der Waals surface area contributed by atoms with Gasteiger partial charge in [-0.2, -0.15) is 0 Å². The van der Waals surface area contributed by atoms with E-state index in [0.29, 0.717) is 0 Å². The molecule has 130 valence electrons. The molecule has 1 aromatic carbocycles. The molecule has 1 aromatic rings. The van der Waals surface area contributed by atoms with Gasteiger partial charge in [0.05, 0.1) is 17.9 Å². The lowest BCUT2D eigenvalue weighted by Crippen LogP contribution is -2.43. The lowest BCUT2D eigenvalue weighted by molar-refractivity contribution is -0.130. The van der Waals surface area contributed by atoms with Crippen molar-refractivity contribution in [3.8, 4) is 0 Å². The van der Waals surface area contributed by atoms with Crippen LogP contribution in [0.25, 0.3) is 0 Å². The fourth-order valence-electron chi connectivity index (χ4n) is 3.39. The highest BCUT2D eigenvalue weighted by Gasteiger charge is 2.18. The number of nitrogens with zero attached hydrogens (tertiary/aromatic N) is 2. The number of amides is 3. The van der Waals surface area contributed by atoms with Gasteiger partial charge < -0.3 is 20.4 Å². The second-order valence-electron chi connectivity index (χ2n) is 6.46. The number of hydrogen-bond acceptors (Lipinski definition) is 3. The van der Waals surface area contributed by atoms with Crippen LogP contribution in [-0.4, -0.2) is 49.6 Å². The fraction of sp³-hybridized carbons (Fsp3) is 0.556. The summed E-state index contributed by atoms with van der Waals surface area (Å²) in [6, 6.07) is 7.50. The van der Waals surface area contributed by atoms with Gasteiger partial charge >= 0.3 is 6.03 Å². The second-order valence-corrected chi connectivity index (χ2v) is 6.46. The molecule has 3 amide bonds. The average molecular weight is 330 g/mol. The minimum atomic E-state index is -0.327. The number of hydrogen-bond donors (Lipinski definition) is 2. The van der Waals surface area contributed by atoms with E-state index >= 15 is 0 Å². The van der Waals surface area contributed by atoms with E-state index in [0.717, 1.165) is 50.4 Å². The van der Waals surface area contributed by atoms with E-state index in [2.05, 4.69) is 15.5 Å². The largest absolute Gasteiger partial charge is 0.370 e. The number of likely N-dealkylation sites (tertiary alicyclic amines) is 1. The van der Waals surface area contributed by atoms with Gasteiger partial charge in [0.1, 0.15) is 0 Å². The van der Waals surface area contributed by atoms with Gasteiger partial charge in [-0.3, -0.25) is 4.79 Å².